The van der Waals surface area contributed by atoms with Gasteiger partial charge in [0.15, 0.2) is 0 Å². The van der Waals surface area contributed by atoms with Gasteiger partial charge in [-0.1, -0.05) is 17.7 Å². The minimum atomic E-state index is -0.550. The number of carbonyl (C=O) groups excluding carboxylic acids is 1. The highest BCUT2D eigenvalue weighted by Gasteiger charge is 2.08. The van der Waals surface area contributed by atoms with Crippen LogP contribution in [0, 0.1) is 5.82 Å². The topological polar surface area (TPSA) is 29.1 Å². The summed E-state index contributed by atoms with van der Waals surface area (Å²) in [5.74, 6) is -0.803. The maximum atomic E-state index is 13.1. The first kappa shape index (κ1) is 11.1. The summed E-state index contributed by atoms with van der Waals surface area (Å²) in [4.78, 5) is 12.2. The van der Waals surface area contributed by atoms with Gasteiger partial charge in [0.2, 0.25) is 0 Å². The second-order valence-corrected chi connectivity index (χ2v) is 4.42. The zero-order valence-electron chi connectivity index (χ0n) is 8.04. The minimum Gasteiger partial charge on any atom is -0.321 e. The highest BCUT2D eigenvalue weighted by atomic mass is 35.5. The van der Waals surface area contributed by atoms with E-state index in [2.05, 4.69) is 5.32 Å². The van der Waals surface area contributed by atoms with Gasteiger partial charge in [-0.05, 0) is 29.6 Å². The first-order valence-electron chi connectivity index (χ1n) is 4.47. The van der Waals surface area contributed by atoms with Gasteiger partial charge >= 0.3 is 0 Å². The lowest BCUT2D eigenvalue weighted by atomic mass is 10.3. The number of anilines is 1. The van der Waals surface area contributed by atoms with Crippen LogP contribution in [0.1, 0.15) is 9.67 Å². The van der Waals surface area contributed by atoms with E-state index in [4.69, 9.17) is 11.6 Å². The van der Waals surface area contributed by atoms with Gasteiger partial charge in [0, 0.05) is 5.69 Å². The van der Waals surface area contributed by atoms with Gasteiger partial charge in [0.25, 0.3) is 5.91 Å². The molecule has 0 saturated carbocycles. The first-order valence-corrected chi connectivity index (χ1v) is 5.72. The molecule has 0 saturated heterocycles. The fraction of sp³-hybridized carbons (Fsp3) is 0. The van der Waals surface area contributed by atoms with Crippen molar-refractivity contribution in [3.05, 3.63) is 51.4 Å². The lowest BCUT2D eigenvalue weighted by Gasteiger charge is -2.03. The predicted molar refractivity (Wildman–Crippen MR) is 63.7 cm³/mol. The number of hydrogen-bond acceptors (Lipinski definition) is 2. The molecule has 0 aliphatic heterocycles. The lowest BCUT2D eigenvalue weighted by molar-refractivity contribution is 0.103. The number of amides is 1. The quantitative estimate of drug-likeness (QED) is 0.869. The Bertz CT molecular complexity index is 513. The van der Waals surface area contributed by atoms with Crippen molar-refractivity contribution in [1.82, 2.24) is 0 Å². The van der Waals surface area contributed by atoms with Gasteiger partial charge in [-0.15, -0.1) is 11.3 Å². The van der Waals surface area contributed by atoms with Gasteiger partial charge < -0.3 is 5.32 Å². The van der Waals surface area contributed by atoms with Crippen molar-refractivity contribution < 1.29 is 9.18 Å². The van der Waals surface area contributed by atoms with E-state index in [1.54, 1.807) is 23.6 Å². The van der Waals surface area contributed by atoms with E-state index in [1.807, 2.05) is 0 Å². The van der Waals surface area contributed by atoms with E-state index in [0.717, 1.165) is 0 Å². The van der Waals surface area contributed by atoms with E-state index >= 15 is 0 Å². The third-order valence-electron chi connectivity index (χ3n) is 1.92. The molecule has 1 aromatic heterocycles. The number of rotatable bonds is 2. The van der Waals surface area contributed by atoms with Crippen LogP contribution >= 0.6 is 22.9 Å². The van der Waals surface area contributed by atoms with Crippen LogP contribution in [0.5, 0.6) is 0 Å². The minimum absolute atomic E-state index is 0.0362. The zero-order valence-corrected chi connectivity index (χ0v) is 9.61. The predicted octanol–water partition coefficient (Wildman–Crippen LogP) is 3.79. The summed E-state index contributed by atoms with van der Waals surface area (Å²) in [6, 6.07) is 7.62. The Labute approximate surface area is 101 Å². The Hall–Kier alpha value is -1.39. The van der Waals surface area contributed by atoms with Gasteiger partial charge in [-0.3, -0.25) is 4.79 Å². The molecule has 1 aromatic carbocycles. The Balaban J connectivity index is 2.15. The second-order valence-electron chi connectivity index (χ2n) is 3.06. The van der Waals surface area contributed by atoms with E-state index in [1.165, 1.54) is 23.5 Å². The molecule has 0 atom stereocenters. The van der Waals surface area contributed by atoms with Gasteiger partial charge in [-0.25, -0.2) is 4.39 Å². The van der Waals surface area contributed by atoms with Crippen molar-refractivity contribution in [1.29, 1.82) is 0 Å². The molecule has 82 valence electrons. The average Bonchev–Trinajstić information content (AvgIpc) is 2.77. The van der Waals surface area contributed by atoms with Crippen molar-refractivity contribution in [3.63, 3.8) is 0 Å². The molecular formula is C11H7ClFNOS. The molecular weight excluding hydrogens is 249 g/mol. The molecule has 2 nitrogen and oxygen atoms in total. The molecule has 0 aliphatic carbocycles. The molecule has 0 spiro atoms. The SMILES string of the molecule is O=C(Nc1ccc(Cl)c(F)c1)c1cccs1. The third-order valence-corrected chi connectivity index (χ3v) is 3.10. The van der Waals surface area contributed by atoms with E-state index in [9.17, 15) is 9.18 Å². The second kappa shape index (κ2) is 4.63. The van der Waals surface area contributed by atoms with Crippen molar-refractivity contribution >= 4 is 34.5 Å². The Morgan fingerprint density at radius 3 is 2.81 bits per heavy atom. The van der Waals surface area contributed by atoms with E-state index < -0.39 is 5.82 Å². The fourth-order valence-corrected chi connectivity index (χ4v) is 1.91. The summed E-state index contributed by atoms with van der Waals surface area (Å²) in [6.07, 6.45) is 0. The molecule has 1 heterocycles. The summed E-state index contributed by atoms with van der Waals surface area (Å²) in [5.41, 5.74) is 0.389. The molecule has 5 heteroatoms. The maximum absolute atomic E-state index is 13.1. The van der Waals surface area contributed by atoms with Gasteiger partial charge in [0.1, 0.15) is 5.82 Å². The van der Waals surface area contributed by atoms with E-state index in [0.29, 0.717) is 10.6 Å². The summed E-state index contributed by atoms with van der Waals surface area (Å²) in [6.45, 7) is 0. The van der Waals surface area contributed by atoms with Crippen LogP contribution in [0.25, 0.3) is 0 Å². The molecule has 0 unspecified atom stereocenters. The number of benzene rings is 1. The van der Waals surface area contributed by atoms with Crippen molar-refractivity contribution in [2.24, 2.45) is 0 Å². The largest absolute Gasteiger partial charge is 0.321 e. The molecule has 0 bridgehead atoms. The summed E-state index contributed by atoms with van der Waals surface area (Å²) >= 11 is 6.86. The molecule has 1 amide bonds. The number of hydrogen-bond donors (Lipinski definition) is 1. The summed E-state index contributed by atoms with van der Waals surface area (Å²) in [5, 5.41) is 4.42. The van der Waals surface area contributed by atoms with Crippen LogP contribution in [0.2, 0.25) is 5.02 Å². The van der Waals surface area contributed by atoms with Crippen LogP contribution < -0.4 is 5.32 Å². The molecule has 0 radical (unpaired) electrons. The van der Waals surface area contributed by atoms with Crippen LogP contribution in [-0.4, -0.2) is 5.91 Å². The Kier molecular flexibility index (Phi) is 3.22. The standard InChI is InChI=1S/C11H7ClFNOS/c12-8-4-3-7(6-9(8)13)14-11(15)10-2-1-5-16-10/h1-6H,(H,14,15). The molecule has 2 rings (SSSR count). The molecule has 16 heavy (non-hydrogen) atoms. The highest BCUT2D eigenvalue weighted by molar-refractivity contribution is 7.12. The normalized spacial score (nSPS) is 10.1. The Morgan fingerprint density at radius 2 is 2.19 bits per heavy atom. The van der Waals surface area contributed by atoms with Crippen LogP contribution in [0.3, 0.4) is 0 Å². The van der Waals surface area contributed by atoms with E-state index in [-0.39, 0.29) is 10.9 Å². The van der Waals surface area contributed by atoms with Crippen molar-refractivity contribution in [3.8, 4) is 0 Å². The maximum Gasteiger partial charge on any atom is 0.265 e. The third kappa shape index (κ3) is 2.40. The fourth-order valence-electron chi connectivity index (χ4n) is 1.17. The molecule has 0 aliphatic rings. The van der Waals surface area contributed by atoms with Crippen molar-refractivity contribution in [2.75, 3.05) is 5.32 Å². The van der Waals surface area contributed by atoms with Crippen LogP contribution in [0.4, 0.5) is 10.1 Å². The number of nitrogens with one attached hydrogen (secondary N) is 1. The van der Waals surface area contributed by atoms with Gasteiger partial charge in [0.05, 0.1) is 9.90 Å². The van der Waals surface area contributed by atoms with Crippen LogP contribution in [0.15, 0.2) is 35.7 Å². The number of thiophene rings is 1. The monoisotopic (exact) mass is 255 g/mol. The first-order chi connectivity index (χ1) is 7.66. The zero-order chi connectivity index (χ0) is 11.5. The molecule has 1 N–H and O–H groups in total. The molecule has 0 fully saturated rings. The average molecular weight is 256 g/mol. The smallest absolute Gasteiger partial charge is 0.265 e. The van der Waals surface area contributed by atoms with Crippen molar-refractivity contribution in [2.45, 2.75) is 0 Å². The van der Waals surface area contributed by atoms with Crippen LogP contribution in [-0.2, 0) is 0 Å². The summed E-state index contributed by atoms with van der Waals surface area (Å²) < 4.78 is 13.1. The number of halogens is 2. The highest BCUT2D eigenvalue weighted by Crippen LogP contribution is 2.19. The lowest BCUT2D eigenvalue weighted by Crippen LogP contribution is -2.10. The summed E-state index contributed by atoms with van der Waals surface area (Å²) in [7, 11) is 0. The van der Waals surface area contributed by atoms with Gasteiger partial charge in [-0.2, -0.15) is 0 Å². The molecule has 2 aromatic rings. The number of carbonyl (C=O) groups is 1. The Morgan fingerprint density at radius 1 is 1.38 bits per heavy atom.